The number of benzene rings is 1. The van der Waals surface area contributed by atoms with E-state index < -0.39 is 28.7 Å². The van der Waals surface area contributed by atoms with Crippen LogP contribution in [0.1, 0.15) is 57.9 Å². The summed E-state index contributed by atoms with van der Waals surface area (Å²) in [6.45, 7) is 13.7. The first kappa shape index (κ1) is 31.4. The molecule has 2 bridgehead atoms. The lowest BCUT2D eigenvalue weighted by molar-refractivity contribution is -0.147. The van der Waals surface area contributed by atoms with Gasteiger partial charge in [-0.2, -0.15) is 0 Å². The van der Waals surface area contributed by atoms with E-state index in [0.717, 1.165) is 37.7 Å². The monoisotopic (exact) mass is 581 g/mol. The summed E-state index contributed by atoms with van der Waals surface area (Å²) in [4.78, 5) is 48.6. The molecule has 3 saturated heterocycles. The number of carbonyl (C=O) groups is 3. The summed E-state index contributed by atoms with van der Waals surface area (Å²) in [7, 11) is 0. The van der Waals surface area contributed by atoms with Gasteiger partial charge in [0.05, 0.1) is 29.2 Å². The smallest absolute Gasteiger partial charge is 0.247 e. The van der Waals surface area contributed by atoms with Crippen molar-refractivity contribution in [1.29, 1.82) is 0 Å². The van der Waals surface area contributed by atoms with E-state index in [1.165, 1.54) is 0 Å². The van der Waals surface area contributed by atoms with Crippen LogP contribution in [-0.4, -0.2) is 92.4 Å². The summed E-state index contributed by atoms with van der Waals surface area (Å²) in [5.74, 6) is -1.30. The molecule has 0 aliphatic carbocycles. The van der Waals surface area contributed by atoms with Crippen LogP contribution in [0.5, 0.6) is 0 Å². The Morgan fingerprint density at radius 2 is 1.76 bits per heavy atom. The molecule has 7 nitrogen and oxygen atoms in total. The van der Waals surface area contributed by atoms with E-state index in [4.69, 9.17) is 0 Å². The third-order valence-electron chi connectivity index (χ3n) is 9.02. The van der Waals surface area contributed by atoms with Crippen LogP contribution in [0.25, 0.3) is 0 Å². The number of unbranched alkanes of at least 4 members (excludes halogenated alkanes) is 2. The summed E-state index contributed by atoms with van der Waals surface area (Å²) in [5, 5.41) is 10.7. The number of aliphatic hydroxyl groups excluding tert-OH is 1. The Morgan fingerprint density at radius 1 is 1.07 bits per heavy atom. The van der Waals surface area contributed by atoms with E-state index >= 15 is 0 Å². The molecule has 2 unspecified atom stereocenters. The first-order valence-corrected chi connectivity index (χ1v) is 16.2. The Bertz CT molecular complexity index is 1100. The molecule has 1 aromatic carbocycles. The highest BCUT2D eigenvalue weighted by molar-refractivity contribution is 8.02. The lowest BCUT2D eigenvalue weighted by atomic mass is 9.70. The minimum Gasteiger partial charge on any atom is -0.394 e. The van der Waals surface area contributed by atoms with E-state index in [2.05, 4.69) is 20.1 Å². The Balaban J connectivity index is 1.76. The molecular weight excluding hydrogens is 534 g/mol. The lowest BCUT2D eigenvalue weighted by Gasteiger charge is -2.40. The molecule has 4 rings (SSSR count). The molecule has 1 N–H and O–H groups in total. The standard InChI is InChI=1S/C33H47N3O4S/c1-5-9-13-21-35(20-8-4)32(40)29-33-17-16-26(41-33)27(30(38)34(18-6-2)19-7-3)28(33)31(39)36(29)25(23-37)22-24-14-11-10-12-15-24/h6,8,10-12,14-15,25-29,37H,2,4-5,7,9,13,16-23H2,1,3H3/t25-,26+,27-,28+,29?,33?/m1/s1. The third-order valence-corrected chi connectivity index (χ3v) is 11.0. The van der Waals surface area contributed by atoms with Gasteiger partial charge < -0.3 is 19.8 Å². The maximum Gasteiger partial charge on any atom is 0.247 e. The summed E-state index contributed by atoms with van der Waals surface area (Å²) < 4.78 is -0.681. The Morgan fingerprint density at radius 3 is 2.37 bits per heavy atom. The van der Waals surface area contributed by atoms with Crippen LogP contribution >= 0.6 is 11.8 Å². The number of likely N-dealkylation sites (tertiary alicyclic amines) is 1. The van der Waals surface area contributed by atoms with Crippen molar-refractivity contribution in [3.63, 3.8) is 0 Å². The van der Waals surface area contributed by atoms with Gasteiger partial charge >= 0.3 is 0 Å². The average Bonchev–Trinajstić information content (AvgIpc) is 3.62. The first-order chi connectivity index (χ1) is 19.9. The highest BCUT2D eigenvalue weighted by Crippen LogP contribution is 2.67. The van der Waals surface area contributed by atoms with Gasteiger partial charge in [-0.25, -0.2) is 0 Å². The Hall–Kier alpha value is -2.58. The molecule has 6 atom stereocenters. The largest absolute Gasteiger partial charge is 0.394 e. The van der Waals surface area contributed by atoms with E-state index in [1.807, 2.05) is 47.1 Å². The van der Waals surface area contributed by atoms with E-state index in [1.54, 1.807) is 28.8 Å². The minimum absolute atomic E-state index is 0.00715. The van der Waals surface area contributed by atoms with Crippen molar-refractivity contribution in [2.75, 3.05) is 32.8 Å². The van der Waals surface area contributed by atoms with Gasteiger partial charge in [0.25, 0.3) is 0 Å². The normalized spacial score (nSPS) is 27.0. The molecule has 224 valence electrons. The number of rotatable bonds is 16. The van der Waals surface area contributed by atoms with Gasteiger partial charge in [-0.3, -0.25) is 14.4 Å². The summed E-state index contributed by atoms with van der Waals surface area (Å²) in [5.41, 5.74) is 0.996. The highest BCUT2D eigenvalue weighted by atomic mass is 32.2. The van der Waals surface area contributed by atoms with Gasteiger partial charge in [-0.1, -0.05) is 69.2 Å². The molecule has 3 aliphatic rings. The number of fused-ring (bicyclic) bond motifs is 1. The first-order valence-electron chi connectivity index (χ1n) is 15.3. The van der Waals surface area contributed by atoms with Crippen LogP contribution in [-0.2, 0) is 20.8 Å². The van der Waals surface area contributed by atoms with Gasteiger partial charge in [0, 0.05) is 31.4 Å². The number of aliphatic hydroxyl groups is 1. The van der Waals surface area contributed by atoms with Gasteiger partial charge in [0.1, 0.15) is 6.04 Å². The SMILES string of the molecule is C=CCN(CCCCC)C(=O)C1N([C@@H](CO)Cc2ccccc2)C(=O)[C@@H]2[C@H](C(=O)N(CC=C)CCC)[C@@H]3CCC12S3. The van der Waals surface area contributed by atoms with Crippen LogP contribution < -0.4 is 0 Å². The van der Waals surface area contributed by atoms with Crippen LogP contribution in [0.2, 0.25) is 0 Å². The number of carbonyl (C=O) groups excluding carboxylic acids is 3. The van der Waals surface area contributed by atoms with Crippen molar-refractivity contribution in [3.05, 3.63) is 61.2 Å². The van der Waals surface area contributed by atoms with Gasteiger partial charge in [-0.05, 0) is 37.7 Å². The molecule has 41 heavy (non-hydrogen) atoms. The maximum absolute atomic E-state index is 14.6. The molecule has 3 heterocycles. The fraction of sp³-hybridized carbons (Fsp3) is 0.606. The Labute approximate surface area is 250 Å². The molecule has 1 aromatic rings. The Kier molecular flexibility index (Phi) is 10.8. The fourth-order valence-corrected chi connectivity index (χ4v) is 9.48. The van der Waals surface area contributed by atoms with E-state index in [-0.39, 0.29) is 29.6 Å². The number of thioether (sulfide) groups is 1. The second kappa shape index (κ2) is 14.1. The third kappa shape index (κ3) is 6.00. The van der Waals surface area contributed by atoms with Crippen molar-refractivity contribution in [2.45, 2.75) is 80.9 Å². The molecule has 0 saturated carbocycles. The van der Waals surface area contributed by atoms with Crippen molar-refractivity contribution in [2.24, 2.45) is 11.8 Å². The topological polar surface area (TPSA) is 81.2 Å². The molecule has 3 aliphatic heterocycles. The molecule has 3 fully saturated rings. The molecule has 3 amide bonds. The van der Waals surface area contributed by atoms with Crippen molar-refractivity contribution in [1.82, 2.24) is 14.7 Å². The molecular formula is C33H47N3O4S. The molecule has 8 heteroatoms. The summed E-state index contributed by atoms with van der Waals surface area (Å²) in [6, 6.07) is 8.51. The number of hydrogen-bond donors (Lipinski definition) is 1. The van der Waals surface area contributed by atoms with E-state index in [0.29, 0.717) is 39.0 Å². The quantitative estimate of drug-likeness (QED) is 0.233. The van der Waals surface area contributed by atoms with Crippen LogP contribution in [0.4, 0.5) is 0 Å². The number of amides is 3. The van der Waals surface area contributed by atoms with Crippen LogP contribution in [0, 0.1) is 11.8 Å². The molecule has 0 radical (unpaired) electrons. The predicted molar refractivity (Wildman–Crippen MR) is 165 cm³/mol. The van der Waals surface area contributed by atoms with Crippen molar-refractivity contribution >= 4 is 29.5 Å². The van der Waals surface area contributed by atoms with Crippen molar-refractivity contribution in [3.8, 4) is 0 Å². The van der Waals surface area contributed by atoms with Gasteiger partial charge in [0.15, 0.2) is 0 Å². The number of nitrogens with zero attached hydrogens (tertiary/aromatic N) is 3. The maximum atomic E-state index is 14.6. The summed E-state index contributed by atoms with van der Waals surface area (Å²) in [6.07, 6.45) is 9.20. The second-order valence-corrected chi connectivity index (χ2v) is 13.3. The zero-order chi connectivity index (χ0) is 29.6. The van der Waals surface area contributed by atoms with Gasteiger partial charge in [-0.15, -0.1) is 24.9 Å². The van der Waals surface area contributed by atoms with Crippen LogP contribution in [0.3, 0.4) is 0 Å². The lowest BCUT2D eigenvalue weighted by Crippen LogP contribution is -2.58. The fourth-order valence-electron chi connectivity index (χ4n) is 7.28. The molecule has 0 aromatic heterocycles. The zero-order valence-electron chi connectivity index (χ0n) is 24.7. The molecule has 1 spiro atoms. The number of hydrogen-bond acceptors (Lipinski definition) is 5. The van der Waals surface area contributed by atoms with Crippen molar-refractivity contribution < 1.29 is 19.5 Å². The average molecular weight is 582 g/mol. The zero-order valence-corrected chi connectivity index (χ0v) is 25.6. The highest BCUT2D eigenvalue weighted by Gasteiger charge is 2.74. The minimum atomic E-state index is -0.728. The second-order valence-electron chi connectivity index (χ2n) is 11.7. The van der Waals surface area contributed by atoms with Crippen LogP contribution in [0.15, 0.2) is 55.6 Å². The van der Waals surface area contributed by atoms with E-state index in [9.17, 15) is 19.5 Å². The predicted octanol–water partition coefficient (Wildman–Crippen LogP) is 4.31. The summed E-state index contributed by atoms with van der Waals surface area (Å²) >= 11 is 1.69. The van der Waals surface area contributed by atoms with Gasteiger partial charge in [0.2, 0.25) is 17.7 Å².